The Morgan fingerprint density at radius 2 is 2.07 bits per heavy atom. The predicted molar refractivity (Wildman–Crippen MR) is 113 cm³/mol. The number of methoxy groups -OCH3 is 2. The van der Waals surface area contributed by atoms with Gasteiger partial charge in [0.25, 0.3) is 0 Å². The van der Waals surface area contributed by atoms with E-state index in [-0.39, 0.29) is 5.97 Å². The zero-order valence-corrected chi connectivity index (χ0v) is 17.4. The molecule has 4 rings (SSSR count). The van der Waals surface area contributed by atoms with Crippen LogP contribution in [0.5, 0.6) is 5.75 Å². The van der Waals surface area contributed by atoms with Crippen LogP contribution in [0, 0.1) is 5.92 Å². The molecule has 30 heavy (non-hydrogen) atoms. The molecule has 0 amide bonds. The Labute approximate surface area is 175 Å². The average Bonchev–Trinajstić information content (AvgIpc) is 3.42. The molecule has 8 heteroatoms. The van der Waals surface area contributed by atoms with Crippen molar-refractivity contribution in [3.63, 3.8) is 0 Å². The summed E-state index contributed by atoms with van der Waals surface area (Å²) in [5.74, 6) is 2.55. The Hall–Kier alpha value is -3.42. The molecule has 0 radical (unpaired) electrons. The van der Waals surface area contributed by atoms with Gasteiger partial charge in [-0.2, -0.15) is 0 Å². The minimum Gasteiger partial charge on any atom is -0.496 e. The van der Waals surface area contributed by atoms with Crippen molar-refractivity contribution in [1.82, 2.24) is 19.7 Å². The van der Waals surface area contributed by atoms with Crippen molar-refractivity contribution in [2.45, 2.75) is 12.8 Å². The van der Waals surface area contributed by atoms with E-state index in [1.54, 1.807) is 19.4 Å². The van der Waals surface area contributed by atoms with Gasteiger partial charge in [-0.1, -0.05) is 0 Å². The standard InChI is InChI=1S/C22H25N5O3/c1-26-11-9-23-21(26)18-5-7-20(25-24-18)27-10-8-15(14-27)12-17-13-16(22(28)30-3)4-6-19(17)29-2/h4-7,9,11,13,15H,8,10,12,14H2,1-3H3. The summed E-state index contributed by atoms with van der Waals surface area (Å²) >= 11 is 0. The number of aromatic nitrogens is 4. The van der Waals surface area contributed by atoms with Gasteiger partial charge in [-0.05, 0) is 54.7 Å². The van der Waals surface area contributed by atoms with Gasteiger partial charge in [0.2, 0.25) is 0 Å². The van der Waals surface area contributed by atoms with Crippen LogP contribution >= 0.6 is 0 Å². The number of carbonyl (C=O) groups excluding carboxylic acids is 1. The molecule has 1 fully saturated rings. The van der Waals surface area contributed by atoms with E-state index in [0.717, 1.165) is 54.6 Å². The maximum Gasteiger partial charge on any atom is 0.337 e. The SMILES string of the molecule is COC(=O)c1ccc(OC)c(CC2CCN(c3ccc(-c4nccn4C)nn3)C2)c1. The van der Waals surface area contributed by atoms with E-state index in [2.05, 4.69) is 20.1 Å². The molecule has 2 aromatic heterocycles. The molecule has 3 aromatic rings. The smallest absolute Gasteiger partial charge is 0.337 e. The number of imidazole rings is 1. The van der Waals surface area contributed by atoms with Gasteiger partial charge in [0.05, 0.1) is 19.8 Å². The van der Waals surface area contributed by atoms with Crippen molar-refractivity contribution >= 4 is 11.8 Å². The molecule has 1 atom stereocenters. The van der Waals surface area contributed by atoms with Gasteiger partial charge < -0.3 is 18.9 Å². The highest BCUT2D eigenvalue weighted by atomic mass is 16.5. The summed E-state index contributed by atoms with van der Waals surface area (Å²) in [6.45, 7) is 1.79. The predicted octanol–water partition coefficient (Wildman–Crippen LogP) is 2.74. The quantitative estimate of drug-likeness (QED) is 0.581. The van der Waals surface area contributed by atoms with E-state index >= 15 is 0 Å². The van der Waals surface area contributed by atoms with Gasteiger partial charge >= 0.3 is 5.97 Å². The summed E-state index contributed by atoms with van der Waals surface area (Å²) in [5, 5.41) is 8.78. The van der Waals surface area contributed by atoms with Gasteiger partial charge in [-0.15, -0.1) is 10.2 Å². The zero-order valence-electron chi connectivity index (χ0n) is 17.4. The summed E-state index contributed by atoms with van der Waals surface area (Å²) < 4.78 is 12.3. The first-order chi connectivity index (χ1) is 14.6. The highest BCUT2D eigenvalue weighted by Gasteiger charge is 2.25. The van der Waals surface area contributed by atoms with Crippen molar-refractivity contribution in [3.8, 4) is 17.3 Å². The van der Waals surface area contributed by atoms with Crippen molar-refractivity contribution in [2.24, 2.45) is 13.0 Å². The normalized spacial score (nSPS) is 16.0. The van der Waals surface area contributed by atoms with E-state index in [4.69, 9.17) is 9.47 Å². The highest BCUT2D eigenvalue weighted by molar-refractivity contribution is 5.89. The summed E-state index contributed by atoms with van der Waals surface area (Å²) in [5.41, 5.74) is 2.31. The number of benzene rings is 1. The summed E-state index contributed by atoms with van der Waals surface area (Å²) in [7, 11) is 4.98. The van der Waals surface area contributed by atoms with Crippen LogP contribution in [-0.4, -0.2) is 53.0 Å². The molecule has 0 spiro atoms. The second kappa shape index (κ2) is 8.52. The molecule has 0 N–H and O–H groups in total. The monoisotopic (exact) mass is 407 g/mol. The van der Waals surface area contributed by atoms with Crippen molar-refractivity contribution in [3.05, 3.63) is 53.9 Å². The molecular formula is C22H25N5O3. The number of hydrogen-bond donors (Lipinski definition) is 0. The first-order valence-electron chi connectivity index (χ1n) is 9.90. The fraction of sp³-hybridized carbons (Fsp3) is 0.364. The number of esters is 1. The lowest BCUT2D eigenvalue weighted by atomic mass is 9.96. The van der Waals surface area contributed by atoms with E-state index in [1.807, 2.05) is 42.1 Å². The molecule has 3 heterocycles. The lowest BCUT2D eigenvalue weighted by molar-refractivity contribution is 0.0600. The van der Waals surface area contributed by atoms with Crippen LogP contribution in [0.1, 0.15) is 22.3 Å². The summed E-state index contributed by atoms with van der Waals surface area (Å²) in [6.07, 6.45) is 5.50. The molecule has 1 unspecified atom stereocenters. The fourth-order valence-electron chi connectivity index (χ4n) is 3.93. The number of aryl methyl sites for hydroxylation is 1. The molecule has 156 valence electrons. The van der Waals surface area contributed by atoms with E-state index in [0.29, 0.717) is 11.5 Å². The first-order valence-corrected chi connectivity index (χ1v) is 9.90. The molecule has 1 aliphatic rings. The number of rotatable bonds is 6. The highest BCUT2D eigenvalue weighted by Crippen LogP contribution is 2.29. The number of anilines is 1. The van der Waals surface area contributed by atoms with Crippen LogP contribution in [0.3, 0.4) is 0 Å². The Morgan fingerprint density at radius 1 is 1.20 bits per heavy atom. The summed E-state index contributed by atoms with van der Waals surface area (Å²) in [4.78, 5) is 18.4. The second-order valence-electron chi connectivity index (χ2n) is 7.46. The molecule has 0 bridgehead atoms. The maximum absolute atomic E-state index is 11.9. The Kier molecular flexibility index (Phi) is 5.65. The van der Waals surface area contributed by atoms with Gasteiger partial charge in [0.15, 0.2) is 11.6 Å². The lowest BCUT2D eigenvalue weighted by Crippen LogP contribution is -2.21. The van der Waals surface area contributed by atoms with Crippen LogP contribution < -0.4 is 9.64 Å². The van der Waals surface area contributed by atoms with E-state index in [9.17, 15) is 4.79 Å². The first kappa shape index (κ1) is 19.9. The molecule has 0 saturated carbocycles. The van der Waals surface area contributed by atoms with Crippen molar-refractivity contribution < 1.29 is 14.3 Å². The fourth-order valence-corrected chi connectivity index (χ4v) is 3.93. The van der Waals surface area contributed by atoms with Gasteiger partial charge in [-0.25, -0.2) is 9.78 Å². The van der Waals surface area contributed by atoms with Crippen LogP contribution in [0.4, 0.5) is 5.82 Å². The largest absolute Gasteiger partial charge is 0.496 e. The maximum atomic E-state index is 11.9. The third-order valence-corrected chi connectivity index (χ3v) is 5.52. The third kappa shape index (κ3) is 3.98. The topological polar surface area (TPSA) is 82.4 Å². The number of ether oxygens (including phenoxy) is 2. The molecule has 0 aliphatic carbocycles. The van der Waals surface area contributed by atoms with E-state index in [1.165, 1.54) is 7.11 Å². The van der Waals surface area contributed by atoms with Gasteiger partial charge in [0, 0.05) is 32.5 Å². The lowest BCUT2D eigenvalue weighted by Gasteiger charge is -2.18. The van der Waals surface area contributed by atoms with E-state index < -0.39 is 0 Å². The molecular weight excluding hydrogens is 382 g/mol. The number of hydrogen-bond acceptors (Lipinski definition) is 7. The molecule has 1 saturated heterocycles. The minimum atomic E-state index is -0.338. The van der Waals surface area contributed by atoms with Crippen LogP contribution in [-0.2, 0) is 18.2 Å². The third-order valence-electron chi connectivity index (χ3n) is 5.52. The van der Waals surface area contributed by atoms with Crippen LogP contribution in [0.15, 0.2) is 42.7 Å². The minimum absolute atomic E-state index is 0.338. The second-order valence-corrected chi connectivity index (χ2v) is 7.46. The Morgan fingerprint density at radius 3 is 2.73 bits per heavy atom. The molecule has 1 aliphatic heterocycles. The number of carbonyl (C=O) groups is 1. The average molecular weight is 407 g/mol. The van der Waals surface area contributed by atoms with Crippen molar-refractivity contribution in [1.29, 1.82) is 0 Å². The van der Waals surface area contributed by atoms with Gasteiger partial charge in [-0.3, -0.25) is 0 Å². The molecule has 8 nitrogen and oxygen atoms in total. The zero-order chi connectivity index (χ0) is 21.1. The molecule has 1 aromatic carbocycles. The number of nitrogens with zero attached hydrogens (tertiary/aromatic N) is 5. The van der Waals surface area contributed by atoms with Crippen LogP contribution in [0.25, 0.3) is 11.5 Å². The van der Waals surface area contributed by atoms with Crippen LogP contribution in [0.2, 0.25) is 0 Å². The van der Waals surface area contributed by atoms with Crippen molar-refractivity contribution in [2.75, 3.05) is 32.2 Å². The van der Waals surface area contributed by atoms with Gasteiger partial charge in [0.1, 0.15) is 11.4 Å². The Balaban J connectivity index is 1.45. The summed E-state index contributed by atoms with van der Waals surface area (Å²) in [6, 6.07) is 9.39. The Bertz CT molecular complexity index is 1030.